The number of para-hydroxylation sites is 1. The number of hydrogen-bond donors (Lipinski definition) is 3. The van der Waals surface area contributed by atoms with E-state index in [1.54, 1.807) is 0 Å². The van der Waals surface area contributed by atoms with Gasteiger partial charge < -0.3 is 15.3 Å². The molecule has 3 N–H and O–H groups in total. The first-order chi connectivity index (χ1) is 12.6. The number of nitrogens with one attached hydrogen (secondary N) is 3. The van der Waals surface area contributed by atoms with E-state index in [-0.39, 0.29) is 5.91 Å². The molecule has 0 aliphatic rings. The van der Waals surface area contributed by atoms with Crippen molar-refractivity contribution in [3.63, 3.8) is 0 Å². The van der Waals surface area contributed by atoms with Crippen molar-refractivity contribution < 1.29 is 4.79 Å². The van der Waals surface area contributed by atoms with Crippen LogP contribution in [0.15, 0.2) is 48.7 Å². The maximum atomic E-state index is 12.4. The number of fused-ring (bicyclic) bond motifs is 2. The van der Waals surface area contributed by atoms with Crippen molar-refractivity contribution in [1.29, 1.82) is 0 Å². The van der Waals surface area contributed by atoms with Crippen molar-refractivity contribution in [1.82, 2.24) is 15.3 Å². The van der Waals surface area contributed by atoms with Crippen LogP contribution in [0, 0.1) is 13.8 Å². The number of aromatic amines is 2. The molecule has 2 aromatic heterocycles. The predicted molar refractivity (Wildman–Crippen MR) is 106 cm³/mol. The van der Waals surface area contributed by atoms with Gasteiger partial charge in [0.15, 0.2) is 0 Å². The number of hydrogen-bond acceptors (Lipinski definition) is 1. The monoisotopic (exact) mass is 345 g/mol. The molecule has 0 unspecified atom stereocenters. The van der Waals surface area contributed by atoms with Crippen LogP contribution in [0.5, 0.6) is 0 Å². The SMILES string of the molecule is Cc1ccc2[nH]c(C)c(CCNC(=O)Cc3c[nH]c4ccccc34)c2c1. The Bertz CT molecular complexity index is 1090. The molecule has 0 aliphatic heterocycles. The summed E-state index contributed by atoms with van der Waals surface area (Å²) in [6, 6.07) is 14.5. The molecule has 26 heavy (non-hydrogen) atoms. The number of amides is 1. The Morgan fingerprint density at radius 2 is 1.88 bits per heavy atom. The minimum atomic E-state index is 0.0587. The number of aryl methyl sites for hydroxylation is 2. The van der Waals surface area contributed by atoms with Crippen molar-refractivity contribution in [2.75, 3.05) is 6.54 Å². The van der Waals surface area contributed by atoms with Crippen LogP contribution < -0.4 is 5.32 Å². The van der Waals surface area contributed by atoms with Crippen molar-refractivity contribution in [3.05, 3.63) is 71.0 Å². The molecule has 0 atom stereocenters. The summed E-state index contributed by atoms with van der Waals surface area (Å²) in [4.78, 5) is 19.0. The van der Waals surface area contributed by atoms with Crippen molar-refractivity contribution in [2.24, 2.45) is 0 Å². The number of H-pyrrole nitrogens is 2. The second-order valence-electron chi connectivity index (χ2n) is 6.91. The van der Waals surface area contributed by atoms with Crippen LogP contribution in [-0.2, 0) is 17.6 Å². The normalized spacial score (nSPS) is 11.3. The van der Waals surface area contributed by atoms with Gasteiger partial charge in [0.2, 0.25) is 5.91 Å². The van der Waals surface area contributed by atoms with Crippen LogP contribution in [0.4, 0.5) is 0 Å². The highest BCUT2D eigenvalue weighted by Crippen LogP contribution is 2.23. The minimum Gasteiger partial charge on any atom is -0.361 e. The van der Waals surface area contributed by atoms with E-state index in [2.05, 4.69) is 47.3 Å². The topological polar surface area (TPSA) is 60.7 Å². The molecule has 0 bridgehead atoms. The molecular formula is C22H23N3O. The summed E-state index contributed by atoms with van der Waals surface area (Å²) in [7, 11) is 0. The highest BCUT2D eigenvalue weighted by Gasteiger charge is 2.11. The summed E-state index contributed by atoms with van der Waals surface area (Å²) in [5.74, 6) is 0.0587. The van der Waals surface area contributed by atoms with Crippen LogP contribution in [0.1, 0.15) is 22.4 Å². The average molecular weight is 345 g/mol. The molecule has 1 amide bonds. The van der Waals surface area contributed by atoms with Gasteiger partial charge in [0.25, 0.3) is 0 Å². The number of carbonyl (C=O) groups is 1. The lowest BCUT2D eigenvalue weighted by Gasteiger charge is -2.06. The molecule has 0 aliphatic carbocycles. The van der Waals surface area contributed by atoms with E-state index in [0.717, 1.165) is 28.4 Å². The van der Waals surface area contributed by atoms with Crippen LogP contribution in [0.3, 0.4) is 0 Å². The van der Waals surface area contributed by atoms with Gasteiger partial charge in [0.1, 0.15) is 0 Å². The maximum Gasteiger partial charge on any atom is 0.224 e. The van der Waals surface area contributed by atoms with Gasteiger partial charge in [-0.1, -0.05) is 29.8 Å². The van der Waals surface area contributed by atoms with Crippen LogP contribution in [0.25, 0.3) is 21.8 Å². The Balaban J connectivity index is 1.41. The zero-order valence-corrected chi connectivity index (χ0v) is 15.1. The number of carbonyl (C=O) groups excluding carboxylic acids is 1. The van der Waals surface area contributed by atoms with Crippen molar-refractivity contribution >= 4 is 27.7 Å². The minimum absolute atomic E-state index is 0.0587. The van der Waals surface area contributed by atoms with Gasteiger partial charge in [-0.15, -0.1) is 0 Å². The summed E-state index contributed by atoms with van der Waals surface area (Å²) in [6.45, 7) is 4.84. The molecule has 132 valence electrons. The van der Waals surface area contributed by atoms with E-state index < -0.39 is 0 Å². The van der Waals surface area contributed by atoms with Crippen molar-refractivity contribution in [2.45, 2.75) is 26.7 Å². The highest BCUT2D eigenvalue weighted by molar-refractivity contribution is 5.89. The fraction of sp³-hybridized carbons (Fsp3) is 0.227. The molecule has 0 radical (unpaired) electrons. The van der Waals surface area contributed by atoms with Crippen LogP contribution >= 0.6 is 0 Å². The van der Waals surface area contributed by atoms with E-state index in [4.69, 9.17) is 0 Å². The summed E-state index contributed by atoms with van der Waals surface area (Å²) in [5, 5.41) is 5.44. The molecule has 0 spiro atoms. The Labute approximate surface area is 152 Å². The highest BCUT2D eigenvalue weighted by atomic mass is 16.1. The maximum absolute atomic E-state index is 12.4. The molecule has 0 saturated heterocycles. The van der Waals surface area contributed by atoms with E-state index >= 15 is 0 Å². The van der Waals surface area contributed by atoms with Gasteiger partial charge in [0.05, 0.1) is 6.42 Å². The van der Waals surface area contributed by atoms with E-state index in [9.17, 15) is 4.79 Å². The average Bonchev–Trinajstić information content (AvgIpc) is 3.16. The fourth-order valence-electron chi connectivity index (χ4n) is 3.66. The van der Waals surface area contributed by atoms with E-state index in [0.29, 0.717) is 13.0 Å². The quantitative estimate of drug-likeness (QED) is 0.499. The first-order valence-corrected chi connectivity index (χ1v) is 9.01. The Morgan fingerprint density at radius 1 is 1.04 bits per heavy atom. The van der Waals surface area contributed by atoms with Gasteiger partial charge in [0, 0.05) is 40.2 Å². The largest absolute Gasteiger partial charge is 0.361 e. The molecule has 0 fully saturated rings. The van der Waals surface area contributed by atoms with Gasteiger partial charge in [-0.25, -0.2) is 0 Å². The third kappa shape index (κ3) is 3.10. The van der Waals surface area contributed by atoms with Gasteiger partial charge in [-0.05, 0) is 49.6 Å². The molecule has 0 saturated carbocycles. The van der Waals surface area contributed by atoms with Gasteiger partial charge in [-0.2, -0.15) is 0 Å². The molecule has 4 aromatic rings. The summed E-state index contributed by atoms with van der Waals surface area (Å²) >= 11 is 0. The lowest BCUT2D eigenvalue weighted by molar-refractivity contribution is -0.120. The van der Waals surface area contributed by atoms with Gasteiger partial charge in [-0.3, -0.25) is 4.79 Å². The number of rotatable bonds is 5. The molecule has 4 heteroatoms. The van der Waals surface area contributed by atoms with E-state index in [1.165, 1.54) is 22.2 Å². The number of aromatic nitrogens is 2. The molecular weight excluding hydrogens is 322 g/mol. The Hall–Kier alpha value is -3.01. The second-order valence-corrected chi connectivity index (χ2v) is 6.91. The predicted octanol–water partition coefficient (Wildman–Crippen LogP) is 4.17. The van der Waals surface area contributed by atoms with E-state index in [1.807, 2.05) is 30.5 Å². The lowest BCUT2D eigenvalue weighted by Crippen LogP contribution is -2.27. The van der Waals surface area contributed by atoms with Crippen molar-refractivity contribution in [3.8, 4) is 0 Å². The summed E-state index contributed by atoms with van der Waals surface area (Å²) in [6.07, 6.45) is 3.15. The molecule has 2 heterocycles. The molecule has 4 nitrogen and oxygen atoms in total. The fourth-order valence-corrected chi connectivity index (χ4v) is 3.66. The summed E-state index contributed by atoms with van der Waals surface area (Å²) in [5.41, 5.74) is 6.99. The Kier molecular flexibility index (Phi) is 4.25. The molecule has 2 aromatic carbocycles. The van der Waals surface area contributed by atoms with Crippen LogP contribution in [-0.4, -0.2) is 22.4 Å². The summed E-state index contributed by atoms with van der Waals surface area (Å²) < 4.78 is 0. The third-order valence-corrected chi connectivity index (χ3v) is 5.00. The second kappa shape index (κ2) is 6.71. The molecule has 4 rings (SSSR count). The Morgan fingerprint density at radius 3 is 2.77 bits per heavy atom. The smallest absolute Gasteiger partial charge is 0.224 e. The lowest BCUT2D eigenvalue weighted by atomic mass is 10.1. The zero-order chi connectivity index (χ0) is 18.1. The van der Waals surface area contributed by atoms with Crippen LogP contribution in [0.2, 0.25) is 0 Å². The zero-order valence-electron chi connectivity index (χ0n) is 15.1. The number of benzene rings is 2. The standard InChI is InChI=1S/C22H23N3O/c1-14-7-8-21-19(11-14)17(15(2)25-21)9-10-23-22(26)12-16-13-24-20-6-4-3-5-18(16)20/h3-8,11,13,24-25H,9-10,12H2,1-2H3,(H,23,26). The third-order valence-electron chi connectivity index (χ3n) is 5.00. The first-order valence-electron chi connectivity index (χ1n) is 9.01. The van der Waals surface area contributed by atoms with Gasteiger partial charge >= 0.3 is 0 Å². The first kappa shape index (κ1) is 16.5.